The van der Waals surface area contributed by atoms with E-state index in [1.807, 2.05) is 0 Å². The first-order valence-electron chi connectivity index (χ1n) is 20.9. The summed E-state index contributed by atoms with van der Waals surface area (Å²) in [4.78, 5) is 41.1. The van der Waals surface area contributed by atoms with Crippen molar-refractivity contribution in [2.45, 2.75) is 158 Å². The van der Waals surface area contributed by atoms with Gasteiger partial charge in [0.05, 0.1) is 11.8 Å². The molecular weight excluding hydrogens is 636 g/mol. The van der Waals surface area contributed by atoms with Crippen LogP contribution in [0.15, 0.2) is 12.2 Å². The summed E-state index contributed by atoms with van der Waals surface area (Å²) < 4.78 is 6.19. The van der Waals surface area contributed by atoms with Crippen LogP contribution in [0.4, 0.5) is 0 Å². The maximum atomic E-state index is 13.7. The molecule has 0 bridgehead atoms. The fourth-order valence-electron chi connectivity index (χ4n) is 14.3. The lowest BCUT2D eigenvalue weighted by molar-refractivity contribution is -0.250. The molecule has 5 saturated carbocycles. The van der Waals surface area contributed by atoms with E-state index in [1.54, 1.807) is 13.8 Å². The van der Waals surface area contributed by atoms with Crippen molar-refractivity contribution in [3.63, 3.8) is 0 Å². The fraction of sp³-hybridized carbons (Fsp3) is 0.886. The monoisotopic (exact) mass is 709 g/mol. The Kier molecular flexibility index (Phi) is 10.5. The molecule has 1 aliphatic heterocycles. The maximum absolute atomic E-state index is 13.7. The number of carbonyl (C=O) groups excluding carboxylic acids is 2. The smallest absolute Gasteiger partial charge is 0.309 e. The van der Waals surface area contributed by atoms with E-state index in [0.717, 1.165) is 51.6 Å². The molecule has 0 aromatic rings. The minimum Gasteiger partial charge on any atom is -0.481 e. The minimum absolute atomic E-state index is 0.0796. The molecule has 0 unspecified atom stereocenters. The Labute approximate surface area is 309 Å². The third-order valence-corrected chi connectivity index (χ3v) is 17.3. The quantitative estimate of drug-likeness (QED) is 0.126. The van der Waals surface area contributed by atoms with E-state index in [1.165, 1.54) is 63.6 Å². The SMILES string of the molecule is C=C(C)[C@@H]1CC[C@]2(CC(=O)NCCCN3CCCC3)CC[C@]3(C)[C@H](CC[C@@H]4[C@@]5(C)CC[C@H](OC(=O)CC(C)(C)C(=O)O)C(C)(C)[C@@H]5CC[C@]43C)[C@@H]12. The van der Waals surface area contributed by atoms with Gasteiger partial charge in [-0.1, -0.05) is 46.8 Å². The normalized spacial score (nSPS) is 41.8. The van der Waals surface area contributed by atoms with Gasteiger partial charge in [-0.05, 0) is 175 Å². The number of carboxylic acids is 1. The van der Waals surface area contributed by atoms with Gasteiger partial charge in [-0.3, -0.25) is 14.4 Å². The van der Waals surface area contributed by atoms with Gasteiger partial charge in [0, 0.05) is 18.4 Å². The highest BCUT2D eigenvalue weighted by molar-refractivity contribution is 5.81. The lowest BCUT2D eigenvalue weighted by Crippen LogP contribution is -2.67. The largest absolute Gasteiger partial charge is 0.481 e. The molecule has 2 N–H and O–H groups in total. The van der Waals surface area contributed by atoms with E-state index in [4.69, 9.17) is 4.74 Å². The van der Waals surface area contributed by atoms with Crippen molar-refractivity contribution in [3.8, 4) is 0 Å². The molecule has 1 saturated heterocycles. The molecule has 10 atom stereocenters. The number of ether oxygens (including phenoxy) is 1. The lowest BCUT2D eigenvalue weighted by Gasteiger charge is -2.73. The van der Waals surface area contributed by atoms with Gasteiger partial charge in [0.1, 0.15) is 6.10 Å². The molecule has 5 aliphatic carbocycles. The number of allylic oxidation sites excluding steroid dienone is 1. The summed E-state index contributed by atoms with van der Waals surface area (Å²) in [7, 11) is 0. The first-order chi connectivity index (χ1) is 23.8. The molecule has 6 fully saturated rings. The number of aliphatic carboxylic acids is 1. The molecule has 0 aromatic carbocycles. The van der Waals surface area contributed by atoms with Crippen LogP contribution in [0.25, 0.3) is 0 Å². The summed E-state index contributed by atoms with van der Waals surface area (Å²) in [6.45, 7) is 26.8. The van der Waals surface area contributed by atoms with Crippen LogP contribution in [0.2, 0.25) is 0 Å². The summed E-state index contributed by atoms with van der Waals surface area (Å²) in [6, 6.07) is 0. The summed E-state index contributed by atoms with van der Waals surface area (Å²) >= 11 is 0. The molecule has 0 spiro atoms. The summed E-state index contributed by atoms with van der Waals surface area (Å²) in [5.74, 6) is 1.58. The number of rotatable bonds is 11. The van der Waals surface area contributed by atoms with Gasteiger partial charge in [-0.2, -0.15) is 0 Å². The van der Waals surface area contributed by atoms with Gasteiger partial charge in [0.25, 0.3) is 0 Å². The van der Waals surface area contributed by atoms with Crippen LogP contribution in [0.1, 0.15) is 152 Å². The zero-order valence-corrected chi connectivity index (χ0v) is 33.6. The highest BCUT2D eigenvalue weighted by Gasteiger charge is 2.71. The zero-order chi connectivity index (χ0) is 37.2. The molecule has 0 radical (unpaired) electrons. The van der Waals surface area contributed by atoms with Gasteiger partial charge >= 0.3 is 11.9 Å². The topological polar surface area (TPSA) is 95.9 Å². The minimum atomic E-state index is -1.14. The van der Waals surface area contributed by atoms with E-state index < -0.39 is 11.4 Å². The summed E-state index contributed by atoms with van der Waals surface area (Å²) in [5, 5.41) is 13.0. The van der Waals surface area contributed by atoms with Crippen LogP contribution in [-0.2, 0) is 19.1 Å². The molecule has 288 valence electrons. The first-order valence-corrected chi connectivity index (χ1v) is 20.9. The summed E-state index contributed by atoms with van der Waals surface area (Å²) in [6.07, 6.45) is 15.4. The van der Waals surface area contributed by atoms with Gasteiger partial charge in [0.15, 0.2) is 0 Å². The number of carbonyl (C=O) groups is 3. The number of nitrogens with zero attached hydrogens (tertiary/aromatic N) is 1. The third kappa shape index (κ3) is 6.53. The van der Waals surface area contributed by atoms with Crippen molar-refractivity contribution in [2.75, 3.05) is 26.2 Å². The molecule has 6 aliphatic rings. The lowest BCUT2D eigenvalue weighted by atomic mass is 9.32. The summed E-state index contributed by atoms with van der Waals surface area (Å²) in [5.41, 5.74) is 0.645. The predicted molar refractivity (Wildman–Crippen MR) is 203 cm³/mol. The third-order valence-electron chi connectivity index (χ3n) is 17.3. The molecule has 0 aromatic heterocycles. The Morgan fingerprint density at radius 2 is 1.59 bits per heavy atom. The predicted octanol–water partition coefficient (Wildman–Crippen LogP) is 9.05. The van der Waals surface area contributed by atoms with Crippen LogP contribution in [0.5, 0.6) is 0 Å². The van der Waals surface area contributed by atoms with Crippen LogP contribution in [-0.4, -0.2) is 60.1 Å². The van der Waals surface area contributed by atoms with Gasteiger partial charge < -0.3 is 20.1 Å². The number of fused-ring (bicyclic) bond motifs is 7. The van der Waals surface area contributed by atoms with Crippen molar-refractivity contribution in [1.82, 2.24) is 10.2 Å². The second-order valence-electron chi connectivity index (χ2n) is 20.7. The molecule has 7 nitrogen and oxygen atoms in total. The van der Waals surface area contributed by atoms with Crippen molar-refractivity contribution in [1.29, 1.82) is 0 Å². The molecule has 51 heavy (non-hydrogen) atoms. The highest BCUT2D eigenvalue weighted by atomic mass is 16.5. The van der Waals surface area contributed by atoms with Crippen molar-refractivity contribution in [3.05, 3.63) is 12.2 Å². The average Bonchev–Trinajstić information content (AvgIpc) is 3.69. The van der Waals surface area contributed by atoms with Crippen LogP contribution in [0.3, 0.4) is 0 Å². The van der Waals surface area contributed by atoms with E-state index >= 15 is 0 Å². The first kappa shape index (κ1) is 38.8. The second kappa shape index (κ2) is 13.8. The Morgan fingerprint density at radius 3 is 2.25 bits per heavy atom. The van der Waals surface area contributed by atoms with Crippen molar-refractivity contribution < 1.29 is 24.2 Å². The van der Waals surface area contributed by atoms with E-state index in [0.29, 0.717) is 36.0 Å². The molecule has 7 heteroatoms. The number of likely N-dealkylation sites (tertiary alicyclic amines) is 1. The number of carboxylic acid groups (broad SMARTS) is 1. The maximum Gasteiger partial charge on any atom is 0.309 e. The molecule has 1 heterocycles. The Bertz CT molecular complexity index is 1370. The van der Waals surface area contributed by atoms with Crippen molar-refractivity contribution in [2.24, 2.45) is 62.1 Å². The number of hydrogen-bond donors (Lipinski definition) is 2. The number of esters is 1. The standard InChI is InChI=1S/C44H72N2O5/c1-29(2)30-15-20-44(27-35(47)45-23-12-26-46-24-10-11-25-46)22-21-42(8)31(37(30)44)13-14-33-41(7)18-17-34(51-36(48)28-39(3,4)38(49)50)40(5,6)32(41)16-19-43(33,42)9/h30-34,37H,1,10-28H2,2-9H3,(H,45,47)(H,49,50)/t30-,31+,32-,33+,34-,37+,41-,42+,43+,44+/m0/s1. The van der Waals surface area contributed by atoms with E-state index in [9.17, 15) is 19.5 Å². The Hall–Kier alpha value is -1.89. The average molecular weight is 709 g/mol. The Morgan fingerprint density at radius 1 is 0.882 bits per heavy atom. The van der Waals surface area contributed by atoms with Gasteiger partial charge in [-0.25, -0.2) is 0 Å². The number of hydrogen-bond acceptors (Lipinski definition) is 5. The van der Waals surface area contributed by atoms with Crippen LogP contribution >= 0.6 is 0 Å². The van der Waals surface area contributed by atoms with E-state index in [2.05, 4.69) is 58.3 Å². The van der Waals surface area contributed by atoms with Crippen molar-refractivity contribution >= 4 is 17.8 Å². The zero-order valence-electron chi connectivity index (χ0n) is 33.6. The van der Waals surface area contributed by atoms with Gasteiger partial charge in [0.2, 0.25) is 5.91 Å². The molecular formula is C44H72N2O5. The molecule has 6 rings (SSSR count). The van der Waals surface area contributed by atoms with Gasteiger partial charge in [-0.15, -0.1) is 0 Å². The molecule has 1 amide bonds. The van der Waals surface area contributed by atoms with E-state index in [-0.39, 0.29) is 51.5 Å². The number of amides is 1. The highest BCUT2D eigenvalue weighted by Crippen LogP contribution is 2.78. The number of nitrogens with one attached hydrogen (secondary N) is 1. The van der Waals surface area contributed by atoms with Crippen LogP contribution < -0.4 is 5.32 Å². The second-order valence-corrected chi connectivity index (χ2v) is 20.7. The Balaban J connectivity index is 1.18. The fourth-order valence-corrected chi connectivity index (χ4v) is 14.3. The van der Waals surface area contributed by atoms with Crippen LogP contribution in [0, 0.1) is 62.1 Å².